The van der Waals surface area contributed by atoms with E-state index in [0.29, 0.717) is 5.41 Å². The highest BCUT2D eigenvalue weighted by molar-refractivity contribution is 9.09. The second-order valence-electron chi connectivity index (χ2n) is 6.45. The van der Waals surface area contributed by atoms with Gasteiger partial charge in [-0.05, 0) is 44.1 Å². The number of nitrogens with zero attached hydrogens (tertiary/aromatic N) is 1. The molecule has 0 radical (unpaired) electrons. The molecule has 0 N–H and O–H groups in total. The molecule has 0 aromatic rings. The lowest BCUT2D eigenvalue weighted by atomic mass is 9.75. The van der Waals surface area contributed by atoms with Gasteiger partial charge in [0.1, 0.15) is 0 Å². The number of hydrogen-bond acceptors (Lipinski definition) is 2. The van der Waals surface area contributed by atoms with Crippen LogP contribution in [0.2, 0.25) is 0 Å². The van der Waals surface area contributed by atoms with Crippen LogP contribution in [0.3, 0.4) is 0 Å². The zero-order chi connectivity index (χ0) is 12.8. The fourth-order valence-electron chi connectivity index (χ4n) is 3.64. The Morgan fingerprint density at radius 3 is 2.44 bits per heavy atom. The highest BCUT2D eigenvalue weighted by Gasteiger charge is 2.32. The van der Waals surface area contributed by atoms with Gasteiger partial charge in [-0.25, -0.2) is 0 Å². The first-order valence-electron chi connectivity index (χ1n) is 7.56. The van der Waals surface area contributed by atoms with E-state index >= 15 is 0 Å². The Kier molecular flexibility index (Phi) is 5.96. The van der Waals surface area contributed by atoms with Crippen molar-refractivity contribution in [3.63, 3.8) is 0 Å². The van der Waals surface area contributed by atoms with Crippen molar-refractivity contribution in [2.45, 2.75) is 44.9 Å². The highest BCUT2D eigenvalue weighted by atomic mass is 79.9. The van der Waals surface area contributed by atoms with Crippen LogP contribution in [-0.4, -0.2) is 43.6 Å². The van der Waals surface area contributed by atoms with Crippen molar-refractivity contribution < 1.29 is 4.74 Å². The first-order valence-corrected chi connectivity index (χ1v) is 8.68. The van der Waals surface area contributed by atoms with Crippen molar-refractivity contribution in [3.05, 3.63) is 0 Å². The molecule has 0 bridgehead atoms. The minimum atomic E-state index is 0.554. The van der Waals surface area contributed by atoms with Crippen LogP contribution < -0.4 is 0 Å². The van der Waals surface area contributed by atoms with Gasteiger partial charge in [0, 0.05) is 31.6 Å². The summed E-state index contributed by atoms with van der Waals surface area (Å²) in [6, 6.07) is 0. The number of rotatable bonds is 5. The molecule has 1 saturated carbocycles. The second-order valence-corrected chi connectivity index (χ2v) is 7.01. The molecule has 1 aliphatic carbocycles. The molecule has 2 rings (SSSR count). The van der Waals surface area contributed by atoms with E-state index in [2.05, 4.69) is 27.9 Å². The Bertz CT molecular complexity index is 235. The summed E-state index contributed by atoms with van der Waals surface area (Å²) in [6.45, 7) is 4.48. The first-order chi connectivity index (χ1) is 8.74. The Balaban J connectivity index is 1.78. The van der Waals surface area contributed by atoms with Crippen molar-refractivity contribution in [1.29, 1.82) is 0 Å². The predicted molar refractivity (Wildman–Crippen MR) is 80.4 cm³/mol. The molecule has 0 amide bonds. The minimum Gasteiger partial charge on any atom is -0.381 e. The molecular weight excluding hydrogens is 290 g/mol. The molecule has 2 nitrogen and oxygen atoms in total. The lowest BCUT2D eigenvalue weighted by molar-refractivity contribution is 0.0478. The molecule has 106 valence electrons. The quantitative estimate of drug-likeness (QED) is 0.717. The summed E-state index contributed by atoms with van der Waals surface area (Å²) in [5.74, 6) is 0.861. The Morgan fingerprint density at radius 2 is 1.83 bits per heavy atom. The average Bonchev–Trinajstić information content (AvgIpc) is 2.41. The van der Waals surface area contributed by atoms with Crippen molar-refractivity contribution in [2.75, 3.05) is 38.7 Å². The van der Waals surface area contributed by atoms with Crippen LogP contribution in [0, 0.1) is 11.3 Å². The molecular formula is C15H28BrNO. The van der Waals surface area contributed by atoms with Crippen molar-refractivity contribution in [3.8, 4) is 0 Å². The van der Waals surface area contributed by atoms with Gasteiger partial charge < -0.3 is 9.64 Å². The third-order valence-electron chi connectivity index (χ3n) is 4.71. The number of ether oxygens (including phenoxy) is 1. The van der Waals surface area contributed by atoms with Gasteiger partial charge in [-0.15, -0.1) is 0 Å². The molecule has 1 saturated heterocycles. The maximum atomic E-state index is 5.45. The molecule has 2 aliphatic rings. The first kappa shape index (κ1) is 14.8. The van der Waals surface area contributed by atoms with E-state index in [1.54, 1.807) is 0 Å². The summed E-state index contributed by atoms with van der Waals surface area (Å²) in [5, 5.41) is 1.18. The van der Waals surface area contributed by atoms with Gasteiger partial charge in [-0.3, -0.25) is 0 Å². The number of halogens is 1. The summed E-state index contributed by atoms with van der Waals surface area (Å²) < 4.78 is 5.45. The van der Waals surface area contributed by atoms with Gasteiger partial charge in [-0.2, -0.15) is 0 Å². The van der Waals surface area contributed by atoms with Gasteiger partial charge in [0.05, 0.1) is 0 Å². The van der Waals surface area contributed by atoms with Crippen LogP contribution >= 0.6 is 15.9 Å². The second kappa shape index (κ2) is 7.25. The summed E-state index contributed by atoms with van der Waals surface area (Å²) in [7, 11) is 2.31. The summed E-state index contributed by atoms with van der Waals surface area (Å²) in [6.07, 6.45) is 9.63. The SMILES string of the molecule is CN(CC1CCOCC1)CC1(CBr)CCCCC1. The highest BCUT2D eigenvalue weighted by Crippen LogP contribution is 2.38. The fraction of sp³-hybridized carbons (Fsp3) is 1.00. The van der Waals surface area contributed by atoms with Crippen molar-refractivity contribution in [1.82, 2.24) is 4.90 Å². The van der Waals surface area contributed by atoms with E-state index < -0.39 is 0 Å². The lowest BCUT2D eigenvalue weighted by Crippen LogP contribution is -2.41. The Morgan fingerprint density at radius 1 is 1.17 bits per heavy atom. The van der Waals surface area contributed by atoms with Crippen LogP contribution in [0.1, 0.15) is 44.9 Å². The van der Waals surface area contributed by atoms with Crippen LogP contribution in [-0.2, 0) is 4.74 Å². The molecule has 0 aromatic heterocycles. The van der Waals surface area contributed by atoms with Crippen molar-refractivity contribution >= 4 is 15.9 Å². The Labute approximate surface area is 121 Å². The molecule has 0 unspecified atom stereocenters. The maximum absolute atomic E-state index is 5.45. The van der Waals surface area contributed by atoms with Gasteiger partial charge >= 0.3 is 0 Å². The standard InChI is InChI=1S/C15H28BrNO/c1-17(11-14-5-9-18-10-6-14)13-15(12-16)7-3-2-4-8-15/h14H,2-13H2,1H3. The fourth-order valence-corrected chi connectivity index (χ4v) is 4.38. The molecule has 3 heteroatoms. The summed E-state index contributed by atoms with van der Waals surface area (Å²) >= 11 is 3.78. The maximum Gasteiger partial charge on any atom is 0.0469 e. The average molecular weight is 318 g/mol. The van der Waals surface area contributed by atoms with Gasteiger partial charge in [0.15, 0.2) is 0 Å². The van der Waals surface area contributed by atoms with E-state index in [0.717, 1.165) is 19.1 Å². The van der Waals surface area contributed by atoms with Gasteiger partial charge in [0.2, 0.25) is 0 Å². The molecule has 0 atom stereocenters. The van der Waals surface area contributed by atoms with Gasteiger partial charge in [-0.1, -0.05) is 35.2 Å². The largest absolute Gasteiger partial charge is 0.381 e. The zero-order valence-corrected chi connectivity index (χ0v) is 13.4. The number of hydrogen-bond donors (Lipinski definition) is 0. The third-order valence-corrected chi connectivity index (χ3v) is 5.90. The van der Waals surface area contributed by atoms with E-state index in [1.807, 2.05) is 0 Å². The minimum absolute atomic E-state index is 0.554. The monoisotopic (exact) mass is 317 g/mol. The van der Waals surface area contributed by atoms with Crippen LogP contribution in [0.15, 0.2) is 0 Å². The van der Waals surface area contributed by atoms with Crippen LogP contribution in [0.5, 0.6) is 0 Å². The van der Waals surface area contributed by atoms with Crippen LogP contribution in [0.25, 0.3) is 0 Å². The molecule has 0 aromatic carbocycles. The summed E-state index contributed by atoms with van der Waals surface area (Å²) in [4.78, 5) is 2.59. The summed E-state index contributed by atoms with van der Waals surface area (Å²) in [5.41, 5.74) is 0.554. The van der Waals surface area contributed by atoms with Crippen LogP contribution in [0.4, 0.5) is 0 Å². The Hall–Kier alpha value is 0.400. The lowest BCUT2D eigenvalue weighted by Gasteiger charge is -2.40. The van der Waals surface area contributed by atoms with E-state index in [-0.39, 0.29) is 0 Å². The molecule has 2 fully saturated rings. The molecule has 1 heterocycles. The normalized spacial score (nSPS) is 25.5. The third kappa shape index (κ3) is 4.21. The predicted octanol–water partition coefficient (Wildman–Crippen LogP) is 3.69. The van der Waals surface area contributed by atoms with E-state index in [9.17, 15) is 0 Å². The van der Waals surface area contributed by atoms with Gasteiger partial charge in [0.25, 0.3) is 0 Å². The van der Waals surface area contributed by atoms with E-state index in [1.165, 1.54) is 63.4 Å². The van der Waals surface area contributed by atoms with E-state index in [4.69, 9.17) is 4.74 Å². The smallest absolute Gasteiger partial charge is 0.0469 e. The zero-order valence-electron chi connectivity index (χ0n) is 11.8. The molecule has 0 spiro atoms. The number of alkyl halides is 1. The topological polar surface area (TPSA) is 12.5 Å². The molecule has 1 aliphatic heterocycles. The van der Waals surface area contributed by atoms with Crippen molar-refractivity contribution in [2.24, 2.45) is 11.3 Å². The molecule has 18 heavy (non-hydrogen) atoms.